The number of amides is 1. The Hall–Kier alpha value is -1.29. The number of likely N-dealkylation sites (tertiary alicyclic amines) is 1. The fourth-order valence-electron chi connectivity index (χ4n) is 2.89. The molecule has 0 radical (unpaired) electrons. The second-order valence-corrected chi connectivity index (χ2v) is 6.00. The number of carbonyl (C=O) groups is 1. The average molecular weight is 296 g/mol. The normalized spacial score (nSPS) is 18.1. The van der Waals surface area contributed by atoms with Crippen molar-refractivity contribution in [1.29, 1.82) is 0 Å². The number of nitrogens with zero attached hydrogens (tertiary/aromatic N) is 2. The third kappa shape index (κ3) is 2.90. The van der Waals surface area contributed by atoms with Crippen molar-refractivity contribution in [3.05, 3.63) is 22.8 Å². The van der Waals surface area contributed by atoms with Crippen molar-refractivity contribution in [2.75, 3.05) is 18.8 Å². The first kappa shape index (κ1) is 15.1. The molecule has 1 aromatic heterocycles. The zero-order chi connectivity index (χ0) is 14.8. The van der Waals surface area contributed by atoms with Gasteiger partial charge in [0.2, 0.25) is 0 Å². The molecule has 1 amide bonds. The van der Waals surface area contributed by atoms with Gasteiger partial charge >= 0.3 is 0 Å². The number of aromatic nitrogens is 1. The Morgan fingerprint density at radius 3 is 2.50 bits per heavy atom. The summed E-state index contributed by atoms with van der Waals surface area (Å²) in [5.41, 5.74) is 6.50. The molecule has 0 spiro atoms. The van der Waals surface area contributed by atoms with Crippen LogP contribution in [0.15, 0.2) is 12.3 Å². The van der Waals surface area contributed by atoms with Crippen LogP contribution in [0, 0.1) is 5.41 Å². The van der Waals surface area contributed by atoms with E-state index in [9.17, 15) is 4.79 Å². The van der Waals surface area contributed by atoms with Crippen LogP contribution in [-0.4, -0.2) is 28.9 Å². The molecule has 2 heterocycles. The van der Waals surface area contributed by atoms with Crippen LogP contribution >= 0.6 is 11.6 Å². The molecule has 2 rings (SSSR count). The molecule has 110 valence electrons. The van der Waals surface area contributed by atoms with Crippen LogP contribution in [0.1, 0.15) is 49.9 Å². The van der Waals surface area contributed by atoms with Crippen LogP contribution < -0.4 is 5.73 Å². The second kappa shape index (κ2) is 6.00. The molecular weight excluding hydrogens is 274 g/mol. The van der Waals surface area contributed by atoms with Crippen molar-refractivity contribution >= 4 is 23.3 Å². The number of nitrogens with two attached hydrogens (primary N) is 1. The first-order valence-corrected chi connectivity index (χ1v) is 7.59. The summed E-state index contributed by atoms with van der Waals surface area (Å²) < 4.78 is 0. The van der Waals surface area contributed by atoms with Crippen LogP contribution in [0.3, 0.4) is 0 Å². The van der Waals surface area contributed by atoms with Crippen LogP contribution in [0.2, 0.25) is 5.02 Å². The summed E-state index contributed by atoms with van der Waals surface area (Å²) in [5, 5.41) is 0.337. The van der Waals surface area contributed by atoms with Gasteiger partial charge < -0.3 is 10.6 Å². The average Bonchev–Trinajstić information content (AvgIpc) is 2.49. The lowest BCUT2D eigenvalue weighted by molar-refractivity contribution is 0.0557. The number of hydrogen-bond donors (Lipinski definition) is 1. The minimum Gasteiger partial charge on any atom is -0.382 e. The lowest BCUT2D eigenvalue weighted by Crippen LogP contribution is -2.42. The van der Waals surface area contributed by atoms with Gasteiger partial charge in [0.15, 0.2) is 0 Å². The molecule has 0 aliphatic carbocycles. The quantitative estimate of drug-likeness (QED) is 0.930. The summed E-state index contributed by atoms with van der Waals surface area (Å²) in [6.45, 7) is 6.10. The van der Waals surface area contributed by atoms with Gasteiger partial charge in [0, 0.05) is 19.3 Å². The second-order valence-electron chi connectivity index (χ2n) is 5.59. The first-order valence-electron chi connectivity index (χ1n) is 7.21. The van der Waals surface area contributed by atoms with Crippen LogP contribution in [0.25, 0.3) is 0 Å². The summed E-state index contributed by atoms with van der Waals surface area (Å²) >= 11 is 5.93. The molecule has 0 aromatic carbocycles. The number of pyridine rings is 1. The molecule has 1 fully saturated rings. The molecule has 2 N–H and O–H groups in total. The van der Waals surface area contributed by atoms with E-state index in [1.54, 1.807) is 6.07 Å². The third-order valence-electron chi connectivity index (χ3n) is 4.73. The molecule has 0 unspecified atom stereocenters. The Bertz CT molecular complexity index is 490. The number of hydrogen-bond acceptors (Lipinski definition) is 3. The SMILES string of the molecule is CCC1(CC)CCN(C(=O)c2cnc(N)c(Cl)c2)CC1. The van der Waals surface area contributed by atoms with Gasteiger partial charge in [-0.25, -0.2) is 4.98 Å². The highest BCUT2D eigenvalue weighted by Crippen LogP contribution is 2.38. The Balaban J connectivity index is 2.06. The number of carbonyl (C=O) groups excluding carboxylic acids is 1. The van der Waals surface area contributed by atoms with E-state index in [0.29, 0.717) is 16.0 Å². The van der Waals surface area contributed by atoms with Gasteiger partial charge in [-0.05, 0) is 24.3 Å². The van der Waals surface area contributed by atoms with E-state index in [0.717, 1.165) is 25.9 Å². The smallest absolute Gasteiger partial charge is 0.255 e. The van der Waals surface area contributed by atoms with Crippen molar-refractivity contribution < 1.29 is 4.79 Å². The Morgan fingerprint density at radius 1 is 1.40 bits per heavy atom. The van der Waals surface area contributed by atoms with Crippen LogP contribution in [0.4, 0.5) is 5.82 Å². The first-order chi connectivity index (χ1) is 9.51. The van der Waals surface area contributed by atoms with Gasteiger partial charge in [0.1, 0.15) is 5.82 Å². The molecule has 0 atom stereocenters. The van der Waals surface area contributed by atoms with Gasteiger partial charge in [-0.2, -0.15) is 0 Å². The predicted molar refractivity (Wildman–Crippen MR) is 81.8 cm³/mol. The van der Waals surface area contributed by atoms with Gasteiger partial charge in [0.25, 0.3) is 5.91 Å². The van der Waals surface area contributed by atoms with Crippen molar-refractivity contribution in [1.82, 2.24) is 9.88 Å². The zero-order valence-electron chi connectivity index (χ0n) is 12.2. The van der Waals surface area contributed by atoms with Gasteiger partial charge in [0.05, 0.1) is 10.6 Å². The van der Waals surface area contributed by atoms with Gasteiger partial charge in [-0.3, -0.25) is 4.79 Å². The molecule has 1 saturated heterocycles. The van der Waals surface area contributed by atoms with Crippen molar-refractivity contribution in [2.24, 2.45) is 5.41 Å². The minimum absolute atomic E-state index is 0.000191. The zero-order valence-corrected chi connectivity index (χ0v) is 12.9. The molecule has 4 nitrogen and oxygen atoms in total. The number of anilines is 1. The van der Waals surface area contributed by atoms with E-state index in [1.807, 2.05) is 4.90 Å². The summed E-state index contributed by atoms with van der Waals surface area (Å²) in [4.78, 5) is 18.3. The number of rotatable bonds is 3. The molecule has 1 aromatic rings. The summed E-state index contributed by atoms with van der Waals surface area (Å²) in [7, 11) is 0. The lowest BCUT2D eigenvalue weighted by atomic mass is 9.74. The Labute approximate surface area is 125 Å². The van der Waals surface area contributed by atoms with Crippen molar-refractivity contribution in [3.63, 3.8) is 0 Å². The highest BCUT2D eigenvalue weighted by molar-refractivity contribution is 6.33. The maximum atomic E-state index is 12.4. The third-order valence-corrected chi connectivity index (χ3v) is 5.03. The van der Waals surface area contributed by atoms with E-state index in [2.05, 4.69) is 18.8 Å². The minimum atomic E-state index is 0.000191. The number of halogens is 1. The fourth-order valence-corrected chi connectivity index (χ4v) is 3.06. The standard InChI is InChI=1S/C15H22ClN3O/c1-3-15(4-2)5-7-19(8-6-15)14(20)11-9-12(16)13(17)18-10-11/h9-10H,3-8H2,1-2H3,(H2,17,18). The maximum Gasteiger partial charge on any atom is 0.255 e. The van der Waals surface area contributed by atoms with Gasteiger partial charge in [-0.1, -0.05) is 38.3 Å². The summed E-state index contributed by atoms with van der Waals surface area (Å²) in [6.07, 6.45) is 6.01. The fraction of sp³-hybridized carbons (Fsp3) is 0.600. The molecule has 1 aliphatic rings. The lowest BCUT2D eigenvalue weighted by Gasteiger charge is -2.41. The number of nitrogen functional groups attached to an aromatic ring is 1. The molecule has 5 heteroatoms. The number of piperidine rings is 1. The Kier molecular flexibility index (Phi) is 4.53. The largest absolute Gasteiger partial charge is 0.382 e. The van der Waals surface area contributed by atoms with E-state index in [-0.39, 0.29) is 11.7 Å². The highest BCUT2D eigenvalue weighted by atomic mass is 35.5. The van der Waals surface area contributed by atoms with Crippen LogP contribution in [-0.2, 0) is 0 Å². The van der Waals surface area contributed by atoms with E-state index < -0.39 is 0 Å². The van der Waals surface area contributed by atoms with Crippen molar-refractivity contribution in [2.45, 2.75) is 39.5 Å². The monoisotopic (exact) mass is 295 g/mol. The molecule has 20 heavy (non-hydrogen) atoms. The topological polar surface area (TPSA) is 59.2 Å². The molecule has 1 aliphatic heterocycles. The van der Waals surface area contributed by atoms with Crippen LogP contribution in [0.5, 0.6) is 0 Å². The molecule has 0 saturated carbocycles. The van der Waals surface area contributed by atoms with Gasteiger partial charge in [-0.15, -0.1) is 0 Å². The van der Waals surface area contributed by atoms with E-state index in [1.165, 1.54) is 19.0 Å². The summed E-state index contributed by atoms with van der Waals surface area (Å²) in [6, 6.07) is 1.60. The van der Waals surface area contributed by atoms with Crippen molar-refractivity contribution in [3.8, 4) is 0 Å². The maximum absolute atomic E-state index is 12.4. The highest BCUT2D eigenvalue weighted by Gasteiger charge is 2.33. The predicted octanol–water partition coefficient (Wildman–Crippen LogP) is 3.36. The Morgan fingerprint density at radius 2 is 2.00 bits per heavy atom. The van der Waals surface area contributed by atoms with E-state index >= 15 is 0 Å². The summed E-state index contributed by atoms with van der Waals surface area (Å²) in [5.74, 6) is 0.262. The molecular formula is C15H22ClN3O. The van der Waals surface area contributed by atoms with E-state index in [4.69, 9.17) is 17.3 Å². The molecule has 0 bridgehead atoms.